The maximum atomic E-state index is 12.9. The van der Waals surface area contributed by atoms with Crippen molar-refractivity contribution >= 4 is 5.69 Å². The predicted octanol–water partition coefficient (Wildman–Crippen LogP) is 1.81. The maximum absolute atomic E-state index is 12.9. The summed E-state index contributed by atoms with van der Waals surface area (Å²) in [5.41, 5.74) is 2.02. The van der Waals surface area contributed by atoms with Crippen LogP contribution in [0.15, 0.2) is 18.2 Å². The molecule has 1 aliphatic rings. The molecule has 0 bridgehead atoms. The van der Waals surface area contributed by atoms with E-state index in [1.807, 2.05) is 0 Å². The van der Waals surface area contributed by atoms with Crippen LogP contribution in [0.25, 0.3) is 0 Å². The minimum absolute atomic E-state index is 0.161. The van der Waals surface area contributed by atoms with Crippen molar-refractivity contribution in [3.8, 4) is 0 Å². The third-order valence-corrected chi connectivity index (χ3v) is 2.37. The van der Waals surface area contributed by atoms with Gasteiger partial charge in [0.15, 0.2) is 0 Å². The minimum atomic E-state index is -0.183. The molecule has 0 saturated carbocycles. The van der Waals surface area contributed by atoms with Gasteiger partial charge >= 0.3 is 0 Å². The van der Waals surface area contributed by atoms with Crippen LogP contribution < -0.4 is 5.32 Å². The first kappa shape index (κ1) is 8.51. The van der Waals surface area contributed by atoms with Gasteiger partial charge in [-0.15, -0.1) is 0 Å². The molecule has 0 radical (unpaired) electrons. The number of ether oxygens (including phenoxy) is 1. The van der Waals surface area contributed by atoms with Gasteiger partial charge in [0.05, 0.1) is 6.10 Å². The Balaban J connectivity index is 2.27. The van der Waals surface area contributed by atoms with Crippen LogP contribution in [0, 0.1) is 5.82 Å². The van der Waals surface area contributed by atoms with E-state index in [1.54, 1.807) is 19.2 Å². The van der Waals surface area contributed by atoms with Crippen molar-refractivity contribution in [2.45, 2.75) is 12.5 Å². The van der Waals surface area contributed by atoms with Crippen LogP contribution >= 0.6 is 0 Å². The predicted molar refractivity (Wildman–Crippen MR) is 49.4 cm³/mol. The Bertz CT molecular complexity index is 314. The van der Waals surface area contributed by atoms with Crippen LogP contribution in [0.1, 0.15) is 5.56 Å². The molecule has 1 aromatic rings. The molecule has 0 saturated heterocycles. The average molecular weight is 181 g/mol. The standard InChI is InChI=1S/C10H12FNO/c1-13-9-5-7-4-8(11)2-3-10(7)12-6-9/h2-4,9,12H,5-6H2,1H3. The zero-order valence-electron chi connectivity index (χ0n) is 7.51. The lowest BCUT2D eigenvalue weighted by Crippen LogP contribution is -2.29. The van der Waals surface area contributed by atoms with E-state index in [2.05, 4.69) is 5.32 Å². The SMILES string of the molecule is COC1CNc2ccc(F)cc2C1. The van der Waals surface area contributed by atoms with Crippen molar-refractivity contribution in [1.29, 1.82) is 0 Å². The highest BCUT2D eigenvalue weighted by Gasteiger charge is 2.17. The summed E-state index contributed by atoms with van der Waals surface area (Å²) >= 11 is 0. The van der Waals surface area contributed by atoms with Gasteiger partial charge in [-0.25, -0.2) is 4.39 Å². The Morgan fingerprint density at radius 1 is 1.54 bits per heavy atom. The molecule has 3 heteroatoms. The third kappa shape index (κ3) is 1.65. The highest BCUT2D eigenvalue weighted by molar-refractivity contribution is 5.53. The molecule has 1 aromatic carbocycles. The molecule has 0 amide bonds. The Morgan fingerprint density at radius 3 is 3.15 bits per heavy atom. The molecule has 2 nitrogen and oxygen atoms in total. The maximum Gasteiger partial charge on any atom is 0.123 e. The number of halogens is 1. The van der Waals surface area contributed by atoms with Crippen molar-refractivity contribution in [2.75, 3.05) is 19.0 Å². The van der Waals surface area contributed by atoms with Gasteiger partial charge in [-0.1, -0.05) is 0 Å². The molecule has 2 rings (SSSR count). The van der Waals surface area contributed by atoms with E-state index in [0.717, 1.165) is 24.2 Å². The molecule has 13 heavy (non-hydrogen) atoms. The zero-order valence-corrected chi connectivity index (χ0v) is 7.51. The molecule has 1 aliphatic heterocycles. The largest absolute Gasteiger partial charge is 0.382 e. The summed E-state index contributed by atoms with van der Waals surface area (Å²) in [6.07, 6.45) is 0.950. The van der Waals surface area contributed by atoms with Crippen LogP contribution in [0.4, 0.5) is 10.1 Å². The van der Waals surface area contributed by atoms with Gasteiger partial charge in [0, 0.05) is 25.8 Å². The van der Waals surface area contributed by atoms with Gasteiger partial charge < -0.3 is 10.1 Å². The van der Waals surface area contributed by atoms with Crippen molar-refractivity contribution in [3.63, 3.8) is 0 Å². The normalized spacial score (nSPS) is 20.6. The van der Waals surface area contributed by atoms with Crippen LogP contribution in [0.3, 0.4) is 0 Å². The van der Waals surface area contributed by atoms with E-state index < -0.39 is 0 Å². The number of fused-ring (bicyclic) bond motifs is 1. The van der Waals surface area contributed by atoms with E-state index in [4.69, 9.17) is 4.74 Å². The number of rotatable bonds is 1. The van der Waals surface area contributed by atoms with E-state index in [1.165, 1.54) is 6.07 Å². The van der Waals surface area contributed by atoms with Gasteiger partial charge in [0.2, 0.25) is 0 Å². The van der Waals surface area contributed by atoms with Crippen LogP contribution in [0.5, 0.6) is 0 Å². The van der Waals surface area contributed by atoms with Crippen molar-refractivity contribution in [2.24, 2.45) is 0 Å². The number of nitrogens with one attached hydrogen (secondary N) is 1. The summed E-state index contributed by atoms with van der Waals surface area (Å²) < 4.78 is 18.1. The van der Waals surface area contributed by atoms with E-state index in [-0.39, 0.29) is 11.9 Å². The molecule has 1 unspecified atom stereocenters. The fourth-order valence-corrected chi connectivity index (χ4v) is 1.61. The van der Waals surface area contributed by atoms with Crippen molar-refractivity contribution in [3.05, 3.63) is 29.6 Å². The van der Waals surface area contributed by atoms with Gasteiger partial charge in [0.25, 0.3) is 0 Å². The second-order valence-electron chi connectivity index (χ2n) is 3.24. The summed E-state index contributed by atoms with van der Waals surface area (Å²) in [5, 5.41) is 3.20. The van der Waals surface area contributed by atoms with E-state index in [9.17, 15) is 4.39 Å². The second-order valence-corrected chi connectivity index (χ2v) is 3.24. The third-order valence-electron chi connectivity index (χ3n) is 2.37. The fourth-order valence-electron chi connectivity index (χ4n) is 1.61. The molecule has 0 fully saturated rings. The minimum Gasteiger partial charge on any atom is -0.382 e. The van der Waals surface area contributed by atoms with Crippen LogP contribution in [0.2, 0.25) is 0 Å². The number of hydrogen-bond acceptors (Lipinski definition) is 2. The topological polar surface area (TPSA) is 21.3 Å². The van der Waals surface area contributed by atoms with Crippen LogP contribution in [-0.2, 0) is 11.2 Å². The second kappa shape index (κ2) is 3.34. The molecule has 70 valence electrons. The summed E-state index contributed by atoms with van der Waals surface area (Å²) in [4.78, 5) is 0. The number of hydrogen-bond donors (Lipinski definition) is 1. The number of anilines is 1. The summed E-state index contributed by atoms with van der Waals surface area (Å²) in [6.45, 7) is 0.801. The fraction of sp³-hybridized carbons (Fsp3) is 0.400. The first-order chi connectivity index (χ1) is 6.29. The Labute approximate surface area is 76.7 Å². The van der Waals surface area contributed by atoms with Gasteiger partial charge in [0.1, 0.15) is 5.82 Å². The molecule has 1 N–H and O–H groups in total. The van der Waals surface area contributed by atoms with Crippen molar-refractivity contribution in [1.82, 2.24) is 0 Å². The van der Waals surface area contributed by atoms with E-state index >= 15 is 0 Å². The highest BCUT2D eigenvalue weighted by Crippen LogP contribution is 2.23. The van der Waals surface area contributed by atoms with Gasteiger partial charge in [-0.3, -0.25) is 0 Å². The van der Waals surface area contributed by atoms with Crippen LogP contribution in [-0.4, -0.2) is 19.8 Å². The lowest BCUT2D eigenvalue weighted by atomic mass is 10.0. The van der Waals surface area contributed by atoms with Gasteiger partial charge in [-0.05, 0) is 23.8 Å². The monoisotopic (exact) mass is 181 g/mol. The molecule has 0 aliphatic carbocycles. The van der Waals surface area contributed by atoms with Gasteiger partial charge in [-0.2, -0.15) is 0 Å². The lowest BCUT2D eigenvalue weighted by molar-refractivity contribution is 0.111. The molecule has 0 spiro atoms. The lowest BCUT2D eigenvalue weighted by Gasteiger charge is -2.24. The Kier molecular flexibility index (Phi) is 2.19. The highest BCUT2D eigenvalue weighted by atomic mass is 19.1. The summed E-state index contributed by atoms with van der Waals surface area (Å²) in [6, 6.07) is 4.81. The molecular weight excluding hydrogens is 169 g/mol. The molecular formula is C10H12FNO. The first-order valence-corrected chi connectivity index (χ1v) is 4.34. The zero-order chi connectivity index (χ0) is 9.26. The van der Waals surface area contributed by atoms with E-state index in [0.29, 0.717) is 0 Å². The molecule has 1 heterocycles. The average Bonchev–Trinajstić information content (AvgIpc) is 2.16. The quantitative estimate of drug-likeness (QED) is 0.713. The molecule has 1 atom stereocenters. The summed E-state index contributed by atoms with van der Waals surface area (Å²) in [7, 11) is 1.68. The smallest absolute Gasteiger partial charge is 0.123 e. The number of benzene rings is 1. The summed E-state index contributed by atoms with van der Waals surface area (Å²) in [5.74, 6) is -0.183. The first-order valence-electron chi connectivity index (χ1n) is 4.34. The molecule has 0 aromatic heterocycles. The Hall–Kier alpha value is -1.09. The number of methoxy groups -OCH3 is 1. The Morgan fingerprint density at radius 2 is 2.38 bits per heavy atom. The van der Waals surface area contributed by atoms with Crippen molar-refractivity contribution < 1.29 is 9.13 Å².